The highest BCUT2D eigenvalue weighted by molar-refractivity contribution is 5.38. The van der Waals surface area contributed by atoms with Crippen molar-refractivity contribution < 1.29 is 9.53 Å². The smallest absolute Gasteiger partial charge is 0.294 e. The third-order valence-electron chi connectivity index (χ3n) is 1.28. The van der Waals surface area contributed by atoms with Gasteiger partial charge in [0.2, 0.25) is 0 Å². The van der Waals surface area contributed by atoms with E-state index in [0.29, 0.717) is 12.5 Å². The van der Waals surface area contributed by atoms with E-state index in [1.54, 1.807) is 0 Å². The molecular formula is C5H9NO2. The number of hydrogen-bond acceptors (Lipinski definition) is 3. The second kappa shape index (κ2) is 2.13. The SMILES string of the molecule is CC[C@H]1N[C@@H]1OC=O. The molecule has 0 unspecified atom stereocenters. The maximum atomic E-state index is 9.65. The molecule has 0 aliphatic carbocycles. The van der Waals surface area contributed by atoms with Crippen LogP contribution < -0.4 is 5.32 Å². The Morgan fingerprint density at radius 3 is 3.00 bits per heavy atom. The zero-order chi connectivity index (χ0) is 5.98. The Labute approximate surface area is 48.0 Å². The molecule has 1 aliphatic heterocycles. The van der Waals surface area contributed by atoms with Crippen molar-refractivity contribution in [3.8, 4) is 0 Å². The summed E-state index contributed by atoms with van der Waals surface area (Å²) in [5.41, 5.74) is 0. The highest BCUT2D eigenvalue weighted by Crippen LogP contribution is 2.13. The first-order valence-electron chi connectivity index (χ1n) is 2.73. The van der Waals surface area contributed by atoms with Crippen molar-refractivity contribution in [3.63, 3.8) is 0 Å². The van der Waals surface area contributed by atoms with Crippen LogP contribution in [0.1, 0.15) is 13.3 Å². The molecule has 3 heteroatoms. The van der Waals surface area contributed by atoms with Gasteiger partial charge in [-0.15, -0.1) is 0 Å². The van der Waals surface area contributed by atoms with E-state index in [0.717, 1.165) is 6.42 Å². The monoisotopic (exact) mass is 115 g/mol. The third kappa shape index (κ3) is 0.980. The highest BCUT2D eigenvalue weighted by atomic mass is 16.6. The van der Waals surface area contributed by atoms with Crippen LogP contribution in [0.5, 0.6) is 0 Å². The van der Waals surface area contributed by atoms with E-state index >= 15 is 0 Å². The summed E-state index contributed by atoms with van der Waals surface area (Å²) < 4.78 is 4.56. The van der Waals surface area contributed by atoms with Crippen molar-refractivity contribution in [3.05, 3.63) is 0 Å². The van der Waals surface area contributed by atoms with Crippen molar-refractivity contribution in [2.45, 2.75) is 25.6 Å². The van der Waals surface area contributed by atoms with Crippen molar-refractivity contribution in [2.24, 2.45) is 0 Å². The molecule has 3 nitrogen and oxygen atoms in total. The molecule has 1 aliphatic rings. The average molecular weight is 115 g/mol. The second-order valence-corrected chi connectivity index (χ2v) is 1.83. The molecule has 8 heavy (non-hydrogen) atoms. The summed E-state index contributed by atoms with van der Waals surface area (Å²) in [5, 5.41) is 2.97. The summed E-state index contributed by atoms with van der Waals surface area (Å²) >= 11 is 0. The fraction of sp³-hybridized carbons (Fsp3) is 0.800. The van der Waals surface area contributed by atoms with Crippen molar-refractivity contribution in [1.29, 1.82) is 0 Å². The summed E-state index contributed by atoms with van der Waals surface area (Å²) in [5.74, 6) is 0. The maximum absolute atomic E-state index is 9.65. The van der Waals surface area contributed by atoms with Gasteiger partial charge >= 0.3 is 0 Å². The molecule has 0 saturated carbocycles. The fourth-order valence-corrected chi connectivity index (χ4v) is 0.681. The molecule has 2 atom stereocenters. The van der Waals surface area contributed by atoms with E-state index in [-0.39, 0.29) is 6.23 Å². The van der Waals surface area contributed by atoms with Crippen LogP contribution >= 0.6 is 0 Å². The average Bonchev–Trinajstić information content (AvgIpc) is 2.48. The van der Waals surface area contributed by atoms with Gasteiger partial charge in [0.15, 0.2) is 6.23 Å². The van der Waals surface area contributed by atoms with Crippen molar-refractivity contribution >= 4 is 6.47 Å². The lowest BCUT2D eigenvalue weighted by atomic mass is 10.4. The highest BCUT2D eigenvalue weighted by Gasteiger charge is 2.35. The Balaban J connectivity index is 2.07. The maximum Gasteiger partial charge on any atom is 0.294 e. The van der Waals surface area contributed by atoms with E-state index < -0.39 is 0 Å². The molecule has 0 spiro atoms. The van der Waals surface area contributed by atoms with Crippen LogP contribution in [0.3, 0.4) is 0 Å². The molecule has 1 heterocycles. The number of carbonyl (C=O) groups excluding carboxylic acids is 1. The molecule has 1 rings (SSSR count). The fourth-order valence-electron chi connectivity index (χ4n) is 0.681. The standard InChI is InChI=1S/C5H9NO2/c1-2-4-5(6-4)8-3-7/h3-6H,2H2,1H3/t4-,5-/m1/s1. The number of nitrogens with one attached hydrogen (secondary N) is 1. The normalized spacial score (nSPS) is 34.1. The number of rotatable bonds is 3. The van der Waals surface area contributed by atoms with Crippen LogP contribution in [0, 0.1) is 0 Å². The Bertz CT molecular complexity index is 94.4. The van der Waals surface area contributed by atoms with Crippen molar-refractivity contribution in [2.75, 3.05) is 0 Å². The Morgan fingerprint density at radius 2 is 2.62 bits per heavy atom. The topological polar surface area (TPSA) is 48.2 Å². The van der Waals surface area contributed by atoms with Crippen LogP contribution in [0.4, 0.5) is 0 Å². The Kier molecular flexibility index (Phi) is 1.48. The van der Waals surface area contributed by atoms with Gasteiger partial charge in [-0.3, -0.25) is 10.1 Å². The minimum atomic E-state index is 0.0116. The number of ether oxygens (including phenoxy) is 1. The Hall–Kier alpha value is -0.570. The molecule has 0 aromatic rings. The zero-order valence-corrected chi connectivity index (χ0v) is 4.76. The van der Waals surface area contributed by atoms with Gasteiger partial charge in [0.05, 0.1) is 6.04 Å². The van der Waals surface area contributed by atoms with Crippen LogP contribution in [-0.2, 0) is 9.53 Å². The van der Waals surface area contributed by atoms with Crippen LogP contribution in [0.25, 0.3) is 0 Å². The van der Waals surface area contributed by atoms with E-state index in [9.17, 15) is 4.79 Å². The van der Waals surface area contributed by atoms with Gasteiger partial charge in [0.1, 0.15) is 0 Å². The predicted octanol–water partition coefficient (Wildman–Crippen LogP) is -0.133. The van der Waals surface area contributed by atoms with E-state index in [1.165, 1.54) is 0 Å². The summed E-state index contributed by atoms with van der Waals surface area (Å²) in [4.78, 5) is 9.65. The van der Waals surface area contributed by atoms with Gasteiger partial charge in [-0.2, -0.15) is 0 Å². The first-order valence-corrected chi connectivity index (χ1v) is 2.73. The van der Waals surface area contributed by atoms with Crippen LogP contribution in [0.2, 0.25) is 0 Å². The molecule has 1 N–H and O–H groups in total. The lowest BCUT2D eigenvalue weighted by Crippen LogP contribution is -1.96. The van der Waals surface area contributed by atoms with Crippen LogP contribution in [-0.4, -0.2) is 18.7 Å². The molecule has 46 valence electrons. The minimum absolute atomic E-state index is 0.0116. The molecule has 1 saturated heterocycles. The van der Waals surface area contributed by atoms with Gasteiger partial charge in [0, 0.05) is 0 Å². The lowest BCUT2D eigenvalue weighted by molar-refractivity contribution is -0.130. The van der Waals surface area contributed by atoms with Gasteiger partial charge in [0.25, 0.3) is 6.47 Å². The molecule has 0 aromatic carbocycles. The number of carbonyl (C=O) groups is 1. The third-order valence-corrected chi connectivity index (χ3v) is 1.28. The van der Waals surface area contributed by atoms with Gasteiger partial charge in [-0.25, -0.2) is 0 Å². The largest absolute Gasteiger partial charge is 0.447 e. The van der Waals surface area contributed by atoms with E-state index in [2.05, 4.69) is 10.1 Å². The van der Waals surface area contributed by atoms with Crippen molar-refractivity contribution in [1.82, 2.24) is 5.32 Å². The molecule has 1 fully saturated rings. The van der Waals surface area contributed by atoms with Gasteiger partial charge < -0.3 is 4.74 Å². The molecule has 0 amide bonds. The van der Waals surface area contributed by atoms with Gasteiger partial charge in [-0.1, -0.05) is 6.92 Å². The molecule has 0 aromatic heterocycles. The van der Waals surface area contributed by atoms with E-state index in [4.69, 9.17) is 0 Å². The van der Waals surface area contributed by atoms with Gasteiger partial charge in [-0.05, 0) is 6.42 Å². The summed E-state index contributed by atoms with van der Waals surface area (Å²) in [6.07, 6.45) is 1.04. The first-order chi connectivity index (χ1) is 3.88. The minimum Gasteiger partial charge on any atom is -0.447 e. The zero-order valence-electron chi connectivity index (χ0n) is 4.76. The lowest BCUT2D eigenvalue weighted by Gasteiger charge is -1.87. The number of hydrogen-bond donors (Lipinski definition) is 1. The quantitative estimate of drug-likeness (QED) is 0.411. The summed E-state index contributed by atoms with van der Waals surface area (Å²) in [6.45, 7) is 2.53. The summed E-state index contributed by atoms with van der Waals surface area (Å²) in [6, 6.07) is 0.417. The molecule has 0 bridgehead atoms. The molecule has 0 radical (unpaired) electrons. The summed E-state index contributed by atoms with van der Waals surface area (Å²) in [7, 11) is 0. The Morgan fingerprint density at radius 1 is 1.88 bits per heavy atom. The predicted molar refractivity (Wildman–Crippen MR) is 28.2 cm³/mol. The first kappa shape index (κ1) is 5.56. The second-order valence-electron chi connectivity index (χ2n) is 1.83. The molecular weight excluding hydrogens is 106 g/mol. The van der Waals surface area contributed by atoms with E-state index in [1.807, 2.05) is 6.92 Å². The van der Waals surface area contributed by atoms with Crippen LogP contribution in [0.15, 0.2) is 0 Å².